The van der Waals surface area contributed by atoms with Crippen molar-refractivity contribution in [3.63, 3.8) is 0 Å². The molecule has 34 heavy (non-hydrogen) atoms. The van der Waals surface area contributed by atoms with Crippen LogP contribution in [0.15, 0.2) is 71.4 Å². The third kappa shape index (κ3) is 4.80. The van der Waals surface area contributed by atoms with Gasteiger partial charge in [0.15, 0.2) is 0 Å². The Hall–Kier alpha value is -3.32. The van der Waals surface area contributed by atoms with Crippen molar-refractivity contribution in [3.8, 4) is 0 Å². The van der Waals surface area contributed by atoms with Crippen LogP contribution >= 0.6 is 34.8 Å². The minimum Gasteiger partial charge on any atom is -0.350 e. The van der Waals surface area contributed by atoms with Crippen LogP contribution in [0.2, 0.25) is 10.0 Å². The molecule has 0 aliphatic carbocycles. The smallest absolute Gasteiger partial charge is 0.283 e. The molecule has 0 spiro atoms. The van der Waals surface area contributed by atoms with Gasteiger partial charge in [-0.1, -0.05) is 46.9 Å². The Morgan fingerprint density at radius 3 is 2.18 bits per heavy atom. The zero-order chi connectivity index (χ0) is 24.6. The lowest BCUT2D eigenvalue weighted by molar-refractivity contribution is -0.120. The van der Waals surface area contributed by atoms with Crippen molar-refractivity contribution in [1.82, 2.24) is 0 Å². The summed E-state index contributed by atoms with van der Waals surface area (Å²) in [6, 6.07) is 16.7. The molecular formula is C25H18Cl3N3O3. The predicted octanol–water partition coefficient (Wildman–Crippen LogP) is 6.30. The van der Waals surface area contributed by atoms with E-state index in [9.17, 15) is 14.4 Å². The van der Waals surface area contributed by atoms with E-state index >= 15 is 0 Å². The Morgan fingerprint density at radius 2 is 1.50 bits per heavy atom. The number of nitrogens with zero attached hydrogens (tertiary/aromatic N) is 1. The summed E-state index contributed by atoms with van der Waals surface area (Å²) in [5, 5.41) is 5.94. The molecule has 0 saturated heterocycles. The van der Waals surface area contributed by atoms with Gasteiger partial charge in [-0.15, -0.1) is 0 Å². The van der Waals surface area contributed by atoms with E-state index in [1.165, 1.54) is 18.2 Å². The summed E-state index contributed by atoms with van der Waals surface area (Å²) >= 11 is 18.2. The highest BCUT2D eigenvalue weighted by molar-refractivity contribution is 6.53. The first-order chi connectivity index (χ1) is 16.1. The minimum atomic E-state index is -0.698. The Morgan fingerprint density at radius 1 is 0.794 bits per heavy atom. The normalized spacial score (nSPS) is 13.5. The molecule has 3 aromatic carbocycles. The first-order valence-corrected chi connectivity index (χ1v) is 11.3. The second-order valence-electron chi connectivity index (χ2n) is 7.77. The fraction of sp³-hybridized carbons (Fsp3) is 0.0800. The molecule has 0 fully saturated rings. The number of halogens is 3. The monoisotopic (exact) mass is 513 g/mol. The number of nitrogens with one attached hydrogen (secondary N) is 2. The third-order valence-electron chi connectivity index (χ3n) is 5.06. The fourth-order valence-corrected chi connectivity index (χ4v) is 4.11. The maximum atomic E-state index is 13.0. The average molecular weight is 515 g/mol. The second kappa shape index (κ2) is 9.50. The van der Waals surface area contributed by atoms with E-state index in [0.717, 1.165) is 16.0 Å². The fourth-order valence-electron chi connectivity index (χ4n) is 3.60. The second-order valence-corrected chi connectivity index (χ2v) is 8.96. The molecule has 1 aliphatic rings. The van der Waals surface area contributed by atoms with Crippen molar-refractivity contribution in [1.29, 1.82) is 0 Å². The third-order valence-corrected chi connectivity index (χ3v) is 6.15. The van der Waals surface area contributed by atoms with Gasteiger partial charge in [0.1, 0.15) is 10.7 Å². The maximum Gasteiger partial charge on any atom is 0.283 e. The number of aryl methyl sites for hydroxylation is 2. The van der Waals surface area contributed by atoms with Gasteiger partial charge in [0.25, 0.3) is 17.7 Å². The summed E-state index contributed by atoms with van der Waals surface area (Å²) in [4.78, 5) is 39.4. The topological polar surface area (TPSA) is 78.5 Å². The molecular weight excluding hydrogens is 497 g/mol. The van der Waals surface area contributed by atoms with E-state index in [2.05, 4.69) is 10.6 Å². The summed E-state index contributed by atoms with van der Waals surface area (Å²) < 4.78 is 0. The standard InChI is InChI=1S/C25H18Cl3N3O3/c1-13-8-14(2)10-17(9-13)30-23(32)15-4-3-5-16(11-15)29-22-21(28)24(33)31(25(22)34)18-6-7-19(26)20(27)12-18/h3-12,29H,1-2H3,(H,30,32). The van der Waals surface area contributed by atoms with E-state index in [-0.39, 0.29) is 32.4 Å². The van der Waals surface area contributed by atoms with E-state index in [4.69, 9.17) is 34.8 Å². The number of hydrogen-bond donors (Lipinski definition) is 2. The Kier molecular flexibility index (Phi) is 6.66. The van der Waals surface area contributed by atoms with Crippen molar-refractivity contribution in [3.05, 3.63) is 98.1 Å². The molecule has 6 nitrogen and oxygen atoms in total. The Balaban J connectivity index is 1.55. The largest absolute Gasteiger partial charge is 0.350 e. The van der Waals surface area contributed by atoms with Gasteiger partial charge < -0.3 is 10.6 Å². The lowest BCUT2D eigenvalue weighted by Gasteiger charge is -2.16. The minimum absolute atomic E-state index is 0.107. The zero-order valence-electron chi connectivity index (χ0n) is 18.1. The molecule has 3 aromatic rings. The summed E-state index contributed by atoms with van der Waals surface area (Å²) in [5.41, 5.74) is 3.65. The summed E-state index contributed by atoms with van der Waals surface area (Å²) in [7, 11) is 0. The molecule has 9 heteroatoms. The van der Waals surface area contributed by atoms with Crippen LogP contribution in [0.3, 0.4) is 0 Å². The number of imide groups is 1. The zero-order valence-corrected chi connectivity index (χ0v) is 20.3. The molecule has 3 amide bonds. The van der Waals surface area contributed by atoms with Crippen molar-refractivity contribution in [2.75, 3.05) is 15.5 Å². The van der Waals surface area contributed by atoms with Crippen molar-refractivity contribution in [2.45, 2.75) is 13.8 Å². The van der Waals surface area contributed by atoms with Crippen LogP contribution in [0.5, 0.6) is 0 Å². The van der Waals surface area contributed by atoms with Crippen LogP contribution in [0.1, 0.15) is 21.5 Å². The predicted molar refractivity (Wildman–Crippen MR) is 136 cm³/mol. The van der Waals surface area contributed by atoms with Crippen molar-refractivity contribution < 1.29 is 14.4 Å². The molecule has 2 N–H and O–H groups in total. The van der Waals surface area contributed by atoms with Gasteiger partial charge in [-0.3, -0.25) is 14.4 Å². The van der Waals surface area contributed by atoms with Crippen LogP contribution in [-0.2, 0) is 9.59 Å². The number of anilines is 3. The van der Waals surface area contributed by atoms with Crippen molar-refractivity contribution >= 4 is 69.6 Å². The van der Waals surface area contributed by atoms with Gasteiger partial charge >= 0.3 is 0 Å². The van der Waals surface area contributed by atoms with Gasteiger partial charge in [-0.05, 0) is 73.5 Å². The molecule has 172 valence electrons. The van der Waals surface area contributed by atoms with E-state index in [1.54, 1.807) is 24.3 Å². The average Bonchev–Trinajstić information content (AvgIpc) is 2.98. The number of benzene rings is 3. The van der Waals surface area contributed by atoms with Crippen LogP contribution in [0.25, 0.3) is 0 Å². The van der Waals surface area contributed by atoms with Gasteiger partial charge in [-0.2, -0.15) is 0 Å². The number of carbonyl (C=O) groups is 3. The first kappa shape index (κ1) is 23.8. The number of rotatable bonds is 5. The summed E-state index contributed by atoms with van der Waals surface area (Å²) in [6.07, 6.45) is 0. The molecule has 0 unspecified atom stereocenters. The van der Waals surface area contributed by atoms with Gasteiger partial charge in [0, 0.05) is 16.9 Å². The molecule has 0 saturated carbocycles. The van der Waals surface area contributed by atoms with E-state index in [0.29, 0.717) is 16.9 Å². The molecule has 1 heterocycles. The quantitative estimate of drug-likeness (QED) is 0.392. The summed E-state index contributed by atoms with van der Waals surface area (Å²) in [6.45, 7) is 3.90. The maximum absolute atomic E-state index is 13.0. The van der Waals surface area contributed by atoms with Crippen LogP contribution in [0.4, 0.5) is 17.1 Å². The number of carbonyl (C=O) groups excluding carboxylic acids is 3. The van der Waals surface area contributed by atoms with Gasteiger partial charge in [-0.25, -0.2) is 4.90 Å². The Bertz CT molecular complexity index is 1360. The molecule has 0 atom stereocenters. The molecule has 4 rings (SSSR count). The van der Waals surface area contributed by atoms with E-state index < -0.39 is 11.8 Å². The lowest BCUT2D eigenvalue weighted by atomic mass is 10.1. The highest BCUT2D eigenvalue weighted by atomic mass is 35.5. The first-order valence-electron chi connectivity index (χ1n) is 10.1. The van der Waals surface area contributed by atoms with Gasteiger partial charge in [0.05, 0.1) is 15.7 Å². The number of hydrogen-bond acceptors (Lipinski definition) is 4. The molecule has 0 aromatic heterocycles. The highest BCUT2D eigenvalue weighted by Crippen LogP contribution is 2.33. The Labute approximate surface area is 211 Å². The van der Waals surface area contributed by atoms with E-state index in [1.807, 2.05) is 32.0 Å². The molecule has 1 aliphatic heterocycles. The lowest BCUT2D eigenvalue weighted by Crippen LogP contribution is -2.32. The molecule has 0 radical (unpaired) electrons. The van der Waals surface area contributed by atoms with Crippen LogP contribution < -0.4 is 15.5 Å². The van der Waals surface area contributed by atoms with Gasteiger partial charge in [0.2, 0.25) is 0 Å². The SMILES string of the molecule is Cc1cc(C)cc(NC(=O)c2cccc(NC3=C(Cl)C(=O)N(c4ccc(Cl)c(Cl)c4)C3=O)c2)c1. The highest BCUT2D eigenvalue weighted by Gasteiger charge is 2.39. The summed E-state index contributed by atoms with van der Waals surface area (Å²) in [5.74, 6) is -1.67. The van der Waals surface area contributed by atoms with Crippen LogP contribution in [-0.4, -0.2) is 17.7 Å². The van der Waals surface area contributed by atoms with Crippen LogP contribution in [0, 0.1) is 13.8 Å². The molecule has 0 bridgehead atoms. The number of amides is 3. The van der Waals surface area contributed by atoms with Crippen molar-refractivity contribution in [2.24, 2.45) is 0 Å².